The van der Waals surface area contributed by atoms with Crippen LogP contribution >= 0.6 is 0 Å². The van der Waals surface area contributed by atoms with Crippen LogP contribution in [0.4, 0.5) is 4.79 Å². The monoisotopic (exact) mass is 649 g/mol. The maximum Gasteiger partial charge on any atom is 0.408 e. The van der Waals surface area contributed by atoms with Crippen LogP contribution in [0.1, 0.15) is 104 Å². The van der Waals surface area contributed by atoms with Gasteiger partial charge in [0.2, 0.25) is 17.7 Å². The summed E-state index contributed by atoms with van der Waals surface area (Å²) < 4.78 is 12.5. The smallest absolute Gasteiger partial charge is 0.408 e. The lowest BCUT2D eigenvalue weighted by atomic mass is 9.83. The number of primary amides is 1. The normalized spacial score (nSPS) is 23.8. The molecular weight excluding hydrogens is 598 g/mol. The van der Waals surface area contributed by atoms with Crippen LogP contribution in [-0.2, 0) is 29.5 Å². The summed E-state index contributed by atoms with van der Waals surface area (Å²) in [5.74, 6) is -1.82. The third-order valence-corrected chi connectivity index (χ3v) is 9.25. The number of hydrogen-bond donors (Lipinski definition) is 5. The number of carbonyl (C=O) groups excluding carboxylic acids is 4. The Hall–Kier alpha value is -3.30. The van der Waals surface area contributed by atoms with E-state index in [1.54, 1.807) is 34.6 Å². The highest BCUT2D eigenvalue weighted by atomic mass is 16.6. The second-order valence-electron chi connectivity index (χ2n) is 14.5. The van der Waals surface area contributed by atoms with E-state index in [0.29, 0.717) is 12.1 Å². The Morgan fingerprint density at radius 2 is 1.78 bits per heavy atom. The van der Waals surface area contributed by atoms with Gasteiger partial charge in [0, 0.05) is 26.2 Å². The highest BCUT2D eigenvalue weighted by Crippen LogP contribution is 2.34. The van der Waals surface area contributed by atoms with Crippen molar-refractivity contribution in [2.45, 2.75) is 133 Å². The van der Waals surface area contributed by atoms with E-state index in [0.717, 1.165) is 32.1 Å². The van der Waals surface area contributed by atoms with Crippen LogP contribution in [-0.4, -0.2) is 103 Å². The van der Waals surface area contributed by atoms with Gasteiger partial charge in [-0.15, -0.1) is 5.10 Å². The van der Waals surface area contributed by atoms with Gasteiger partial charge in [0.25, 0.3) is 0 Å². The van der Waals surface area contributed by atoms with Crippen LogP contribution in [0.3, 0.4) is 0 Å². The largest absolute Gasteiger partial charge is 0.444 e. The molecule has 0 bridgehead atoms. The molecule has 2 unspecified atom stereocenters. The number of carbonyl (C=O) groups is 4. The van der Waals surface area contributed by atoms with Crippen LogP contribution in [0, 0.1) is 5.92 Å². The van der Waals surface area contributed by atoms with Gasteiger partial charge >= 0.3 is 6.09 Å². The number of aliphatic hydroxyl groups is 2. The Bertz CT molecular complexity index is 1240. The second-order valence-corrected chi connectivity index (χ2v) is 14.5. The number of nitrogens with two attached hydrogens (primary N) is 1. The third-order valence-electron chi connectivity index (χ3n) is 9.25. The van der Waals surface area contributed by atoms with Gasteiger partial charge in [-0.3, -0.25) is 14.4 Å². The maximum atomic E-state index is 14.5. The third kappa shape index (κ3) is 8.53. The molecule has 2 aliphatic heterocycles. The second kappa shape index (κ2) is 14.2. The van der Waals surface area contributed by atoms with Gasteiger partial charge in [0.1, 0.15) is 23.3 Å². The number of ether oxygens (including phenoxy) is 2. The minimum atomic E-state index is -1.67. The molecule has 15 heteroatoms. The van der Waals surface area contributed by atoms with Crippen LogP contribution < -0.4 is 16.4 Å². The number of aromatic nitrogens is 3. The number of alkyl carbamates (subject to hydrolysis) is 1. The van der Waals surface area contributed by atoms with Crippen LogP contribution in [0.5, 0.6) is 0 Å². The highest BCUT2D eigenvalue weighted by Gasteiger charge is 2.49. The minimum Gasteiger partial charge on any atom is -0.444 e. The Morgan fingerprint density at radius 3 is 2.37 bits per heavy atom. The number of amides is 4. The number of nitrogens with zero attached hydrogens (tertiary/aromatic N) is 4. The molecule has 4 amide bonds. The number of likely N-dealkylation sites (tertiary alicyclic amines) is 1. The molecule has 3 aliphatic rings. The summed E-state index contributed by atoms with van der Waals surface area (Å²) in [7, 11) is 0. The number of aliphatic hydroxyl groups excluding tert-OH is 1. The number of hydrogen-bond acceptors (Lipinski definition) is 10. The summed E-state index contributed by atoms with van der Waals surface area (Å²) in [5.41, 5.74) is 2.41. The van der Waals surface area contributed by atoms with Gasteiger partial charge in [-0.2, -0.15) is 0 Å². The minimum absolute atomic E-state index is 0.0367. The molecule has 2 saturated heterocycles. The zero-order chi connectivity index (χ0) is 33.9. The van der Waals surface area contributed by atoms with Crippen molar-refractivity contribution < 1.29 is 38.9 Å². The molecule has 0 aromatic carbocycles. The van der Waals surface area contributed by atoms with Crippen molar-refractivity contribution in [2.24, 2.45) is 11.7 Å². The van der Waals surface area contributed by atoms with Gasteiger partial charge in [-0.1, -0.05) is 37.3 Å². The average molecular weight is 650 g/mol. The number of nitrogens with one attached hydrogen (secondary N) is 2. The first-order chi connectivity index (χ1) is 21.5. The first-order valence-corrected chi connectivity index (χ1v) is 16.3. The predicted octanol–water partition coefficient (Wildman–Crippen LogP) is 1.02. The molecule has 0 radical (unpaired) electrons. The van der Waals surface area contributed by atoms with E-state index in [-0.39, 0.29) is 44.9 Å². The molecular formula is C31H51N7O8. The zero-order valence-electron chi connectivity index (χ0n) is 27.7. The predicted molar refractivity (Wildman–Crippen MR) is 165 cm³/mol. The lowest BCUT2D eigenvalue weighted by molar-refractivity contribution is -0.145. The molecule has 3 fully saturated rings. The molecule has 1 saturated carbocycles. The van der Waals surface area contributed by atoms with Crippen molar-refractivity contribution >= 4 is 23.8 Å². The summed E-state index contributed by atoms with van der Waals surface area (Å²) in [6, 6.07) is -2.58. The van der Waals surface area contributed by atoms with Crippen molar-refractivity contribution in [3.63, 3.8) is 0 Å². The summed E-state index contributed by atoms with van der Waals surface area (Å²) in [6.45, 7) is 8.82. The Kier molecular flexibility index (Phi) is 11.0. The number of rotatable bonds is 10. The Labute approximate surface area is 269 Å². The van der Waals surface area contributed by atoms with Crippen LogP contribution in [0.25, 0.3) is 0 Å². The Balaban J connectivity index is 1.68. The van der Waals surface area contributed by atoms with Gasteiger partial charge in [-0.25, -0.2) is 9.48 Å². The van der Waals surface area contributed by atoms with Gasteiger partial charge in [-0.05, 0) is 59.8 Å². The van der Waals surface area contributed by atoms with E-state index in [9.17, 15) is 29.4 Å². The molecule has 46 heavy (non-hydrogen) atoms. The van der Waals surface area contributed by atoms with Crippen molar-refractivity contribution in [3.8, 4) is 0 Å². The molecule has 6 N–H and O–H groups in total. The molecule has 4 atom stereocenters. The van der Waals surface area contributed by atoms with E-state index in [2.05, 4.69) is 20.9 Å². The van der Waals surface area contributed by atoms with E-state index < -0.39 is 64.8 Å². The van der Waals surface area contributed by atoms with Gasteiger partial charge in [0.05, 0.1) is 23.5 Å². The molecule has 1 aromatic rings. The quantitative estimate of drug-likeness (QED) is 0.243. The molecule has 258 valence electrons. The fourth-order valence-corrected chi connectivity index (χ4v) is 6.87. The maximum absolute atomic E-state index is 14.5. The zero-order valence-corrected chi connectivity index (χ0v) is 27.7. The topological polar surface area (TPSA) is 211 Å². The Morgan fingerprint density at radius 1 is 1.13 bits per heavy atom. The molecule has 4 rings (SSSR count). The summed E-state index contributed by atoms with van der Waals surface area (Å²) in [4.78, 5) is 55.2. The lowest BCUT2D eigenvalue weighted by Crippen LogP contribution is -2.65. The first kappa shape index (κ1) is 35.6. The van der Waals surface area contributed by atoms with E-state index in [4.69, 9.17) is 15.2 Å². The fraction of sp³-hybridized carbons (Fsp3) is 0.806. The standard InChI is InChI=1S/C31H51N7O8/c1-29(2,3)46-28(43)34-21(15-19-9-7-6-8-10-19)27(42)37-18-20(38-23(17-33-36-38)30(4,5)44)16-22(37)26(41)35-31(24(39)25(32)40)11-13-45-14-12-31/h17,19-22,24,39,44H,6-16,18H2,1-5H3,(H2,32,40)(H,34,43)(H,35,41)/t20-,21?,22-,24?/m0/s1. The van der Waals surface area contributed by atoms with Gasteiger partial charge < -0.3 is 41.0 Å². The first-order valence-electron chi connectivity index (χ1n) is 16.3. The summed E-state index contributed by atoms with van der Waals surface area (Å²) in [5, 5.41) is 35.4. The van der Waals surface area contributed by atoms with Crippen molar-refractivity contribution in [1.82, 2.24) is 30.5 Å². The molecule has 0 spiro atoms. The summed E-state index contributed by atoms with van der Waals surface area (Å²) >= 11 is 0. The highest BCUT2D eigenvalue weighted by molar-refractivity contribution is 5.93. The molecule has 1 aliphatic carbocycles. The lowest BCUT2D eigenvalue weighted by Gasteiger charge is -2.41. The van der Waals surface area contributed by atoms with E-state index in [1.807, 2.05) is 0 Å². The average Bonchev–Trinajstić information content (AvgIpc) is 3.64. The fourth-order valence-electron chi connectivity index (χ4n) is 6.87. The molecule has 3 heterocycles. The van der Waals surface area contributed by atoms with Crippen molar-refractivity contribution in [1.29, 1.82) is 0 Å². The van der Waals surface area contributed by atoms with Crippen molar-refractivity contribution in [3.05, 3.63) is 11.9 Å². The van der Waals surface area contributed by atoms with Crippen LogP contribution in [0.2, 0.25) is 0 Å². The van der Waals surface area contributed by atoms with Crippen molar-refractivity contribution in [2.75, 3.05) is 19.8 Å². The van der Waals surface area contributed by atoms with Gasteiger partial charge in [0.15, 0.2) is 6.10 Å². The molecule has 1 aromatic heterocycles. The van der Waals surface area contributed by atoms with Crippen LogP contribution in [0.15, 0.2) is 6.20 Å². The molecule has 15 nitrogen and oxygen atoms in total. The summed E-state index contributed by atoms with van der Waals surface area (Å²) in [6.07, 6.45) is 4.85. The SMILES string of the molecule is CC(C)(C)OC(=O)NC(CC1CCCCC1)C(=O)N1C[C@@H](n2nncc2C(C)(C)O)C[C@H]1C(=O)NC1(C(O)C(N)=O)CCOCC1. The van der Waals surface area contributed by atoms with E-state index >= 15 is 0 Å². The van der Waals surface area contributed by atoms with E-state index in [1.165, 1.54) is 15.8 Å².